The summed E-state index contributed by atoms with van der Waals surface area (Å²) in [5, 5.41) is 0. The molecule has 0 bridgehead atoms. The van der Waals surface area contributed by atoms with Crippen LogP contribution < -0.4 is 5.73 Å². The monoisotopic (exact) mass is 243 g/mol. The van der Waals surface area contributed by atoms with E-state index in [-0.39, 0.29) is 6.04 Å². The molecule has 2 N–H and O–H groups in total. The Hall–Kier alpha value is -1.00. The summed E-state index contributed by atoms with van der Waals surface area (Å²) in [6.07, 6.45) is 1.95. The predicted molar refractivity (Wildman–Crippen MR) is 63.8 cm³/mol. The lowest BCUT2D eigenvalue weighted by Gasteiger charge is -2.12. The Bertz CT molecular complexity index is 344. The molecule has 0 aliphatic heterocycles. The van der Waals surface area contributed by atoms with Crippen LogP contribution >= 0.6 is 0 Å². The lowest BCUT2D eigenvalue weighted by Crippen LogP contribution is -2.25. The second-order valence-corrected chi connectivity index (χ2v) is 4.10. The van der Waals surface area contributed by atoms with Crippen molar-refractivity contribution in [2.45, 2.75) is 32.2 Å². The number of benzene rings is 1. The molecule has 96 valence electrons. The Labute approximate surface area is 101 Å². The summed E-state index contributed by atoms with van der Waals surface area (Å²) in [4.78, 5) is 0. The maximum absolute atomic E-state index is 13.3. The van der Waals surface area contributed by atoms with Gasteiger partial charge in [0.05, 0.1) is 0 Å². The highest BCUT2D eigenvalue weighted by atomic mass is 19.1. The fourth-order valence-electron chi connectivity index (χ4n) is 1.57. The molecule has 0 fully saturated rings. The molecule has 0 radical (unpaired) electrons. The zero-order valence-electron chi connectivity index (χ0n) is 10.1. The lowest BCUT2D eigenvalue weighted by molar-refractivity contribution is 0.127. The first kappa shape index (κ1) is 14.1. The van der Waals surface area contributed by atoms with Gasteiger partial charge in [-0.1, -0.05) is 6.92 Å². The predicted octanol–water partition coefficient (Wildman–Crippen LogP) is 2.65. The molecule has 0 saturated carbocycles. The van der Waals surface area contributed by atoms with E-state index in [4.69, 9.17) is 10.5 Å². The molecule has 17 heavy (non-hydrogen) atoms. The van der Waals surface area contributed by atoms with Crippen molar-refractivity contribution < 1.29 is 13.5 Å². The van der Waals surface area contributed by atoms with Gasteiger partial charge in [-0.3, -0.25) is 0 Å². The van der Waals surface area contributed by atoms with Crippen molar-refractivity contribution in [3.05, 3.63) is 35.4 Å². The van der Waals surface area contributed by atoms with Gasteiger partial charge in [-0.2, -0.15) is 0 Å². The fourth-order valence-corrected chi connectivity index (χ4v) is 1.57. The molecule has 1 unspecified atom stereocenters. The van der Waals surface area contributed by atoms with Crippen LogP contribution in [0.5, 0.6) is 0 Å². The van der Waals surface area contributed by atoms with Gasteiger partial charge in [0, 0.05) is 19.3 Å². The van der Waals surface area contributed by atoms with Crippen molar-refractivity contribution in [2.75, 3.05) is 13.2 Å². The molecule has 2 nitrogen and oxygen atoms in total. The molecule has 0 aromatic heterocycles. The molecule has 1 atom stereocenters. The third-order valence-electron chi connectivity index (χ3n) is 2.47. The summed E-state index contributed by atoms with van der Waals surface area (Å²) < 4.78 is 31.5. The summed E-state index contributed by atoms with van der Waals surface area (Å²) in [5.41, 5.74) is 6.16. The smallest absolute Gasteiger partial charge is 0.126 e. The Balaban J connectivity index is 2.39. The van der Waals surface area contributed by atoms with Crippen LogP contribution in [0.1, 0.15) is 25.3 Å². The van der Waals surface area contributed by atoms with Gasteiger partial charge in [-0.25, -0.2) is 8.78 Å². The van der Waals surface area contributed by atoms with Gasteiger partial charge >= 0.3 is 0 Å². The van der Waals surface area contributed by atoms with Crippen molar-refractivity contribution in [1.82, 2.24) is 0 Å². The van der Waals surface area contributed by atoms with Gasteiger partial charge in [0.25, 0.3) is 0 Å². The van der Waals surface area contributed by atoms with E-state index in [0.717, 1.165) is 18.6 Å². The first-order valence-electron chi connectivity index (χ1n) is 5.90. The number of hydrogen-bond donors (Lipinski definition) is 1. The number of halogens is 2. The van der Waals surface area contributed by atoms with Crippen LogP contribution in [0.3, 0.4) is 0 Å². The summed E-state index contributed by atoms with van der Waals surface area (Å²) >= 11 is 0. The van der Waals surface area contributed by atoms with Crippen molar-refractivity contribution in [2.24, 2.45) is 5.73 Å². The molecule has 0 amide bonds. The zero-order chi connectivity index (χ0) is 12.7. The minimum atomic E-state index is -0.434. The van der Waals surface area contributed by atoms with E-state index in [2.05, 4.69) is 0 Å². The van der Waals surface area contributed by atoms with E-state index >= 15 is 0 Å². The van der Waals surface area contributed by atoms with Crippen LogP contribution in [0.25, 0.3) is 0 Å². The van der Waals surface area contributed by atoms with Crippen LogP contribution in [0, 0.1) is 11.6 Å². The van der Waals surface area contributed by atoms with Crippen molar-refractivity contribution >= 4 is 0 Å². The van der Waals surface area contributed by atoms with Crippen LogP contribution in [0.15, 0.2) is 18.2 Å². The van der Waals surface area contributed by atoms with E-state index in [1.165, 1.54) is 6.07 Å². The first-order chi connectivity index (χ1) is 8.13. The summed E-state index contributed by atoms with van der Waals surface area (Å²) in [6, 6.07) is 3.23. The SMILES string of the molecule is CCCOCCC(N)Cc1cc(F)ccc1F. The molecule has 1 aromatic rings. The minimum Gasteiger partial charge on any atom is -0.381 e. The third kappa shape index (κ3) is 5.24. The van der Waals surface area contributed by atoms with E-state index in [1.807, 2.05) is 6.92 Å². The number of ether oxygens (including phenoxy) is 1. The van der Waals surface area contributed by atoms with Gasteiger partial charge in [0.1, 0.15) is 11.6 Å². The number of rotatable bonds is 7. The molecule has 4 heteroatoms. The van der Waals surface area contributed by atoms with E-state index in [0.29, 0.717) is 31.6 Å². The maximum Gasteiger partial charge on any atom is 0.126 e. The first-order valence-corrected chi connectivity index (χ1v) is 5.90. The second-order valence-electron chi connectivity index (χ2n) is 4.10. The van der Waals surface area contributed by atoms with Crippen LogP contribution in [-0.4, -0.2) is 19.3 Å². The van der Waals surface area contributed by atoms with E-state index in [9.17, 15) is 8.78 Å². The van der Waals surface area contributed by atoms with Crippen molar-refractivity contribution in [3.8, 4) is 0 Å². The van der Waals surface area contributed by atoms with Gasteiger partial charge in [0.15, 0.2) is 0 Å². The Morgan fingerprint density at radius 1 is 1.29 bits per heavy atom. The zero-order valence-corrected chi connectivity index (χ0v) is 10.1. The van der Waals surface area contributed by atoms with E-state index in [1.54, 1.807) is 0 Å². The molecule has 1 rings (SSSR count). The molecule has 0 spiro atoms. The third-order valence-corrected chi connectivity index (χ3v) is 2.47. The van der Waals surface area contributed by atoms with Crippen LogP contribution in [0.4, 0.5) is 8.78 Å². The average Bonchev–Trinajstić information content (AvgIpc) is 2.29. The highest BCUT2D eigenvalue weighted by molar-refractivity contribution is 5.19. The lowest BCUT2D eigenvalue weighted by atomic mass is 10.0. The number of hydrogen-bond acceptors (Lipinski definition) is 2. The van der Waals surface area contributed by atoms with Crippen molar-refractivity contribution in [1.29, 1.82) is 0 Å². The highest BCUT2D eigenvalue weighted by Crippen LogP contribution is 2.12. The normalized spacial score (nSPS) is 12.7. The topological polar surface area (TPSA) is 35.2 Å². The van der Waals surface area contributed by atoms with Gasteiger partial charge < -0.3 is 10.5 Å². The quantitative estimate of drug-likeness (QED) is 0.747. The second kappa shape index (κ2) is 7.35. The maximum atomic E-state index is 13.3. The van der Waals surface area contributed by atoms with Crippen LogP contribution in [-0.2, 0) is 11.2 Å². The Morgan fingerprint density at radius 2 is 2.06 bits per heavy atom. The molecular formula is C13H19F2NO. The van der Waals surface area contributed by atoms with E-state index < -0.39 is 11.6 Å². The standard InChI is InChI=1S/C13H19F2NO/c1-2-6-17-7-5-12(16)9-10-8-11(14)3-4-13(10)15/h3-4,8,12H,2,5-7,9,16H2,1H3. The molecule has 0 aliphatic rings. The van der Waals surface area contributed by atoms with Gasteiger partial charge in [0.2, 0.25) is 0 Å². The molecule has 1 aromatic carbocycles. The number of nitrogens with two attached hydrogens (primary N) is 1. The Morgan fingerprint density at radius 3 is 2.76 bits per heavy atom. The van der Waals surface area contributed by atoms with Gasteiger partial charge in [-0.05, 0) is 43.0 Å². The Kier molecular flexibility index (Phi) is 6.08. The van der Waals surface area contributed by atoms with Gasteiger partial charge in [-0.15, -0.1) is 0 Å². The molecule has 0 heterocycles. The summed E-state index contributed by atoms with van der Waals surface area (Å²) in [6.45, 7) is 3.30. The summed E-state index contributed by atoms with van der Waals surface area (Å²) in [7, 11) is 0. The molecular weight excluding hydrogens is 224 g/mol. The van der Waals surface area contributed by atoms with Crippen molar-refractivity contribution in [3.63, 3.8) is 0 Å². The average molecular weight is 243 g/mol. The highest BCUT2D eigenvalue weighted by Gasteiger charge is 2.09. The van der Waals surface area contributed by atoms with Crippen LogP contribution in [0.2, 0.25) is 0 Å². The molecule has 0 aliphatic carbocycles. The summed E-state index contributed by atoms with van der Waals surface area (Å²) in [5.74, 6) is -0.841. The fraction of sp³-hybridized carbons (Fsp3) is 0.538. The minimum absolute atomic E-state index is 0.205. The molecule has 0 saturated heterocycles. The largest absolute Gasteiger partial charge is 0.381 e.